The van der Waals surface area contributed by atoms with Crippen molar-refractivity contribution in [2.24, 2.45) is 5.73 Å². The minimum Gasteiger partial charge on any atom is -0.372 e. The third kappa shape index (κ3) is 5.21. The third-order valence-electron chi connectivity index (χ3n) is 3.07. The van der Waals surface area contributed by atoms with Crippen molar-refractivity contribution < 1.29 is 4.79 Å². The summed E-state index contributed by atoms with van der Waals surface area (Å²) in [4.78, 5) is 14.3. The van der Waals surface area contributed by atoms with Gasteiger partial charge in [0.1, 0.15) is 0 Å². The zero-order valence-electron chi connectivity index (χ0n) is 13.1. The normalized spacial score (nSPS) is 11.2. The van der Waals surface area contributed by atoms with Gasteiger partial charge in [0.05, 0.1) is 0 Å². The lowest BCUT2D eigenvalue weighted by Gasteiger charge is -2.22. The van der Waals surface area contributed by atoms with Crippen LogP contribution in [0.1, 0.15) is 44.5 Å². The lowest BCUT2D eigenvalue weighted by atomic mass is 10.1. The molecule has 4 heteroatoms. The van der Waals surface area contributed by atoms with Crippen molar-refractivity contribution in [2.45, 2.75) is 39.7 Å². The fourth-order valence-corrected chi connectivity index (χ4v) is 1.97. The van der Waals surface area contributed by atoms with Crippen molar-refractivity contribution in [2.75, 3.05) is 24.5 Å². The molecule has 0 unspecified atom stereocenters. The molecule has 0 saturated heterocycles. The molecule has 0 aliphatic heterocycles. The minimum absolute atomic E-state index is 0.0754. The summed E-state index contributed by atoms with van der Waals surface area (Å²) in [5, 5.41) is 2.85. The molecule has 20 heavy (non-hydrogen) atoms. The number of carbonyl (C=O) groups is 1. The first-order valence-corrected chi connectivity index (χ1v) is 7.29. The standard InChI is InChI=1S/C16H27N3O/c1-5-11-19(6-2)14-9-7-13(8-10-14)15(20)18-12-16(3,4)17/h7-10H,5-6,11-12,17H2,1-4H3,(H,18,20). The molecule has 0 aliphatic carbocycles. The Bertz CT molecular complexity index is 420. The minimum atomic E-state index is -0.393. The van der Waals surface area contributed by atoms with Gasteiger partial charge >= 0.3 is 0 Å². The highest BCUT2D eigenvalue weighted by Crippen LogP contribution is 2.15. The number of carbonyl (C=O) groups excluding carboxylic acids is 1. The molecule has 3 N–H and O–H groups in total. The Morgan fingerprint density at radius 3 is 2.30 bits per heavy atom. The van der Waals surface area contributed by atoms with Crippen LogP contribution in [0, 0.1) is 0 Å². The molecule has 0 heterocycles. The second-order valence-corrected chi connectivity index (χ2v) is 5.80. The van der Waals surface area contributed by atoms with Gasteiger partial charge in [-0.15, -0.1) is 0 Å². The van der Waals surface area contributed by atoms with Crippen LogP contribution < -0.4 is 16.0 Å². The van der Waals surface area contributed by atoms with Gasteiger partial charge in [-0.1, -0.05) is 6.92 Å². The molecule has 0 aliphatic rings. The first-order chi connectivity index (χ1) is 9.37. The summed E-state index contributed by atoms with van der Waals surface area (Å²) in [6, 6.07) is 7.74. The van der Waals surface area contributed by atoms with Crippen molar-refractivity contribution in [1.82, 2.24) is 5.32 Å². The van der Waals surface area contributed by atoms with E-state index in [0.717, 1.165) is 25.2 Å². The summed E-state index contributed by atoms with van der Waals surface area (Å²) in [6.07, 6.45) is 1.11. The Morgan fingerprint density at radius 1 is 1.25 bits per heavy atom. The Morgan fingerprint density at radius 2 is 1.85 bits per heavy atom. The largest absolute Gasteiger partial charge is 0.372 e. The van der Waals surface area contributed by atoms with Crippen LogP contribution in [0.25, 0.3) is 0 Å². The number of hydrogen-bond donors (Lipinski definition) is 2. The van der Waals surface area contributed by atoms with E-state index in [1.807, 2.05) is 38.1 Å². The lowest BCUT2D eigenvalue weighted by molar-refractivity contribution is 0.0946. The Kier molecular flexibility index (Phi) is 6.02. The Balaban J connectivity index is 2.68. The molecule has 0 radical (unpaired) electrons. The molecule has 112 valence electrons. The summed E-state index contributed by atoms with van der Waals surface area (Å²) in [5.41, 5.74) is 7.29. The smallest absolute Gasteiger partial charge is 0.251 e. The SMILES string of the molecule is CCCN(CC)c1ccc(C(=O)NCC(C)(C)N)cc1. The van der Waals surface area contributed by atoms with Crippen LogP contribution in [-0.2, 0) is 0 Å². The number of nitrogens with one attached hydrogen (secondary N) is 1. The molecule has 0 aromatic heterocycles. The maximum absolute atomic E-state index is 12.0. The molecule has 1 rings (SSSR count). The van der Waals surface area contributed by atoms with Crippen LogP contribution in [0.2, 0.25) is 0 Å². The van der Waals surface area contributed by atoms with E-state index in [0.29, 0.717) is 12.1 Å². The average molecular weight is 277 g/mol. The number of amides is 1. The summed E-state index contributed by atoms with van der Waals surface area (Å²) in [6.45, 7) is 10.5. The molecule has 4 nitrogen and oxygen atoms in total. The zero-order chi connectivity index (χ0) is 15.2. The van der Waals surface area contributed by atoms with Crippen LogP contribution in [0.5, 0.6) is 0 Å². The average Bonchev–Trinajstić information content (AvgIpc) is 2.41. The zero-order valence-corrected chi connectivity index (χ0v) is 13.1. The van der Waals surface area contributed by atoms with Gasteiger partial charge in [-0.2, -0.15) is 0 Å². The van der Waals surface area contributed by atoms with Gasteiger partial charge in [-0.05, 0) is 51.5 Å². The maximum atomic E-state index is 12.0. The first-order valence-electron chi connectivity index (χ1n) is 7.29. The van der Waals surface area contributed by atoms with Gasteiger partial charge < -0.3 is 16.0 Å². The number of anilines is 1. The molecule has 0 spiro atoms. The molecule has 0 bridgehead atoms. The van der Waals surface area contributed by atoms with Gasteiger partial charge in [0.15, 0.2) is 0 Å². The molecule has 1 aromatic carbocycles. The second-order valence-electron chi connectivity index (χ2n) is 5.80. The predicted molar refractivity (Wildman–Crippen MR) is 85.2 cm³/mol. The molecular formula is C16H27N3O. The number of benzene rings is 1. The summed E-state index contributed by atoms with van der Waals surface area (Å²) < 4.78 is 0. The molecule has 0 atom stereocenters. The molecular weight excluding hydrogens is 250 g/mol. The Labute approximate surface area is 122 Å². The quantitative estimate of drug-likeness (QED) is 0.804. The van der Waals surface area contributed by atoms with Crippen molar-refractivity contribution in [3.63, 3.8) is 0 Å². The van der Waals surface area contributed by atoms with E-state index >= 15 is 0 Å². The van der Waals surface area contributed by atoms with E-state index in [1.54, 1.807) is 0 Å². The summed E-state index contributed by atoms with van der Waals surface area (Å²) in [5.74, 6) is -0.0754. The van der Waals surface area contributed by atoms with E-state index < -0.39 is 5.54 Å². The number of rotatable bonds is 7. The van der Waals surface area contributed by atoms with Gasteiger partial charge in [0.2, 0.25) is 0 Å². The Hall–Kier alpha value is -1.55. The van der Waals surface area contributed by atoms with Gasteiger partial charge in [0, 0.05) is 36.4 Å². The summed E-state index contributed by atoms with van der Waals surface area (Å²) >= 11 is 0. The maximum Gasteiger partial charge on any atom is 0.251 e. The highest BCUT2D eigenvalue weighted by atomic mass is 16.1. The van der Waals surface area contributed by atoms with Crippen molar-refractivity contribution in [3.05, 3.63) is 29.8 Å². The highest BCUT2D eigenvalue weighted by molar-refractivity contribution is 5.94. The van der Waals surface area contributed by atoms with Crippen molar-refractivity contribution in [1.29, 1.82) is 0 Å². The second kappa shape index (κ2) is 7.29. The number of nitrogens with two attached hydrogens (primary N) is 1. The molecule has 1 aromatic rings. The lowest BCUT2D eigenvalue weighted by Crippen LogP contribution is -2.45. The number of hydrogen-bond acceptors (Lipinski definition) is 3. The first kappa shape index (κ1) is 16.5. The van der Waals surface area contributed by atoms with E-state index in [9.17, 15) is 4.79 Å². The van der Waals surface area contributed by atoms with Crippen LogP contribution in [-0.4, -0.2) is 31.1 Å². The highest BCUT2D eigenvalue weighted by Gasteiger charge is 2.13. The van der Waals surface area contributed by atoms with Crippen LogP contribution in [0.4, 0.5) is 5.69 Å². The number of nitrogens with zero attached hydrogens (tertiary/aromatic N) is 1. The van der Waals surface area contributed by atoms with E-state index in [2.05, 4.69) is 24.1 Å². The predicted octanol–water partition coefficient (Wildman–Crippen LogP) is 2.39. The van der Waals surface area contributed by atoms with Crippen molar-refractivity contribution >= 4 is 11.6 Å². The van der Waals surface area contributed by atoms with Crippen molar-refractivity contribution in [3.8, 4) is 0 Å². The molecule has 1 amide bonds. The van der Waals surface area contributed by atoms with Gasteiger partial charge in [-0.3, -0.25) is 4.79 Å². The third-order valence-corrected chi connectivity index (χ3v) is 3.07. The fourth-order valence-electron chi connectivity index (χ4n) is 1.97. The summed E-state index contributed by atoms with van der Waals surface area (Å²) in [7, 11) is 0. The van der Waals surface area contributed by atoms with Crippen LogP contribution in [0.3, 0.4) is 0 Å². The van der Waals surface area contributed by atoms with Crippen LogP contribution >= 0.6 is 0 Å². The van der Waals surface area contributed by atoms with Gasteiger partial charge in [0.25, 0.3) is 5.91 Å². The topological polar surface area (TPSA) is 58.4 Å². The monoisotopic (exact) mass is 277 g/mol. The van der Waals surface area contributed by atoms with E-state index in [1.165, 1.54) is 0 Å². The van der Waals surface area contributed by atoms with Crippen LogP contribution in [0.15, 0.2) is 24.3 Å². The fraction of sp³-hybridized carbons (Fsp3) is 0.562. The van der Waals surface area contributed by atoms with E-state index in [-0.39, 0.29) is 5.91 Å². The van der Waals surface area contributed by atoms with E-state index in [4.69, 9.17) is 5.73 Å². The molecule has 0 saturated carbocycles. The van der Waals surface area contributed by atoms with Gasteiger partial charge in [-0.25, -0.2) is 0 Å². The molecule has 0 fully saturated rings.